The lowest BCUT2D eigenvalue weighted by atomic mass is 9.94. The summed E-state index contributed by atoms with van der Waals surface area (Å²) in [5, 5.41) is -0.770. The molecule has 0 unspecified atom stereocenters. The SMILES string of the molecule is CC(C)(C)OC(=O)N1CC[C@H]([C@@H](Oc2c(Cl)c(F)cc(F)c2Cl)c2ccccc2)C1. The number of hydrogen-bond acceptors (Lipinski definition) is 3. The number of amides is 1. The molecule has 0 radical (unpaired) electrons. The minimum Gasteiger partial charge on any atom is -0.482 e. The number of halogens is 4. The van der Waals surface area contributed by atoms with Gasteiger partial charge >= 0.3 is 6.09 Å². The van der Waals surface area contributed by atoms with E-state index in [1.165, 1.54) is 0 Å². The summed E-state index contributed by atoms with van der Waals surface area (Å²) in [5.74, 6) is -2.32. The molecule has 0 saturated carbocycles. The maximum atomic E-state index is 14.0. The molecule has 2 aromatic rings. The predicted octanol–water partition coefficient (Wildman–Crippen LogP) is 6.65. The average Bonchev–Trinajstić information content (AvgIpc) is 3.16. The van der Waals surface area contributed by atoms with Gasteiger partial charge in [0.15, 0.2) is 5.75 Å². The van der Waals surface area contributed by atoms with Crippen LogP contribution in [-0.2, 0) is 4.74 Å². The third-order valence-electron chi connectivity index (χ3n) is 4.75. The Labute approximate surface area is 184 Å². The minimum atomic E-state index is -0.956. The van der Waals surface area contributed by atoms with Crippen molar-refractivity contribution in [2.24, 2.45) is 5.92 Å². The van der Waals surface area contributed by atoms with Crippen molar-refractivity contribution in [3.05, 3.63) is 63.6 Å². The number of rotatable bonds is 4. The van der Waals surface area contributed by atoms with Crippen molar-refractivity contribution in [3.63, 3.8) is 0 Å². The fraction of sp³-hybridized carbons (Fsp3) is 0.409. The van der Waals surface area contributed by atoms with Gasteiger partial charge in [0.1, 0.15) is 33.4 Å². The second-order valence-corrected chi connectivity index (χ2v) is 8.98. The molecule has 2 atom stereocenters. The number of carbonyl (C=O) groups excluding carboxylic acids is 1. The van der Waals surface area contributed by atoms with Crippen LogP contribution in [0.3, 0.4) is 0 Å². The summed E-state index contributed by atoms with van der Waals surface area (Å²) in [6.07, 6.45) is -0.411. The van der Waals surface area contributed by atoms with E-state index in [1.54, 1.807) is 25.7 Å². The van der Waals surface area contributed by atoms with Gasteiger partial charge in [-0.2, -0.15) is 0 Å². The van der Waals surface area contributed by atoms with Gasteiger partial charge in [-0.15, -0.1) is 0 Å². The molecule has 3 rings (SSSR count). The highest BCUT2D eigenvalue weighted by molar-refractivity contribution is 6.37. The zero-order valence-corrected chi connectivity index (χ0v) is 18.4. The van der Waals surface area contributed by atoms with Gasteiger partial charge < -0.3 is 14.4 Å². The second-order valence-electron chi connectivity index (χ2n) is 8.22. The van der Waals surface area contributed by atoms with Crippen LogP contribution in [0.1, 0.15) is 38.9 Å². The van der Waals surface area contributed by atoms with Crippen molar-refractivity contribution in [1.82, 2.24) is 4.90 Å². The third-order valence-corrected chi connectivity index (χ3v) is 5.45. The topological polar surface area (TPSA) is 38.8 Å². The first-order valence-electron chi connectivity index (χ1n) is 9.59. The molecule has 1 amide bonds. The van der Waals surface area contributed by atoms with E-state index >= 15 is 0 Å². The van der Waals surface area contributed by atoms with E-state index in [-0.39, 0.29) is 21.7 Å². The zero-order chi connectivity index (χ0) is 22.1. The van der Waals surface area contributed by atoms with Gasteiger partial charge in [-0.3, -0.25) is 0 Å². The molecule has 0 aromatic heterocycles. The predicted molar refractivity (Wildman–Crippen MR) is 112 cm³/mol. The van der Waals surface area contributed by atoms with Crippen LogP contribution in [0.25, 0.3) is 0 Å². The average molecular weight is 458 g/mol. The highest BCUT2D eigenvalue weighted by atomic mass is 35.5. The highest BCUT2D eigenvalue weighted by Gasteiger charge is 2.37. The molecule has 1 aliphatic rings. The first kappa shape index (κ1) is 22.6. The monoisotopic (exact) mass is 457 g/mol. The summed E-state index contributed by atoms with van der Waals surface area (Å²) >= 11 is 12.0. The molecule has 8 heteroatoms. The molecule has 1 saturated heterocycles. The number of likely N-dealkylation sites (tertiary alicyclic amines) is 1. The Morgan fingerprint density at radius 2 is 1.73 bits per heavy atom. The number of hydrogen-bond donors (Lipinski definition) is 0. The highest BCUT2D eigenvalue weighted by Crippen LogP contribution is 2.42. The molecule has 0 spiro atoms. The van der Waals surface area contributed by atoms with E-state index < -0.39 is 29.4 Å². The Hall–Kier alpha value is -2.05. The lowest BCUT2D eigenvalue weighted by Crippen LogP contribution is -2.36. The maximum Gasteiger partial charge on any atom is 0.410 e. The van der Waals surface area contributed by atoms with Crippen LogP contribution in [0.2, 0.25) is 10.0 Å². The fourth-order valence-corrected chi connectivity index (χ4v) is 3.82. The maximum absolute atomic E-state index is 14.0. The first-order valence-corrected chi connectivity index (χ1v) is 10.3. The number of benzene rings is 2. The van der Waals surface area contributed by atoms with E-state index in [0.29, 0.717) is 25.6 Å². The molecule has 1 fully saturated rings. The first-order chi connectivity index (χ1) is 14.1. The van der Waals surface area contributed by atoms with Gasteiger partial charge in [0.25, 0.3) is 0 Å². The summed E-state index contributed by atoms with van der Waals surface area (Å²) in [4.78, 5) is 14.0. The standard InChI is InChI=1S/C22H23Cl2F2NO3/c1-22(2,3)30-21(28)27-10-9-14(12-27)19(13-7-5-4-6-8-13)29-20-17(23)15(25)11-16(26)18(20)24/h4-8,11,14,19H,9-10,12H2,1-3H3/t14-,19-/m0/s1. The van der Waals surface area contributed by atoms with E-state index in [9.17, 15) is 13.6 Å². The van der Waals surface area contributed by atoms with Crippen LogP contribution in [0.15, 0.2) is 36.4 Å². The fourth-order valence-electron chi connectivity index (χ4n) is 3.39. The largest absolute Gasteiger partial charge is 0.482 e. The van der Waals surface area contributed by atoms with Crippen LogP contribution < -0.4 is 4.74 Å². The van der Waals surface area contributed by atoms with E-state index in [0.717, 1.165) is 5.56 Å². The van der Waals surface area contributed by atoms with E-state index in [4.69, 9.17) is 32.7 Å². The van der Waals surface area contributed by atoms with Crippen molar-refractivity contribution in [1.29, 1.82) is 0 Å². The lowest BCUT2D eigenvalue weighted by Gasteiger charge is -2.27. The number of nitrogens with zero attached hydrogens (tertiary/aromatic N) is 1. The number of carbonyl (C=O) groups is 1. The van der Waals surface area contributed by atoms with Crippen molar-refractivity contribution in [2.45, 2.75) is 38.9 Å². The molecule has 0 N–H and O–H groups in total. The summed E-state index contributed by atoms with van der Waals surface area (Å²) in [6, 6.07) is 9.83. The van der Waals surface area contributed by atoms with Gasteiger partial charge in [-0.25, -0.2) is 13.6 Å². The van der Waals surface area contributed by atoms with Crippen molar-refractivity contribution < 1.29 is 23.0 Å². The molecule has 2 aromatic carbocycles. The van der Waals surface area contributed by atoms with Crippen molar-refractivity contribution in [2.75, 3.05) is 13.1 Å². The van der Waals surface area contributed by atoms with Crippen LogP contribution in [0.4, 0.5) is 13.6 Å². The Morgan fingerprint density at radius 1 is 1.13 bits per heavy atom. The van der Waals surface area contributed by atoms with Crippen LogP contribution >= 0.6 is 23.2 Å². The van der Waals surface area contributed by atoms with Gasteiger partial charge in [0, 0.05) is 25.1 Å². The molecule has 1 aliphatic heterocycles. The Morgan fingerprint density at radius 3 is 2.30 bits per heavy atom. The molecule has 1 heterocycles. The number of ether oxygens (including phenoxy) is 2. The lowest BCUT2D eigenvalue weighted by molar-refractivity contribution is 0.0273. The van der Waals surface area contributed by atoms with Crippen molar-refractivity contribution >= 4 is 29.3 Å². The molecule has 0 bridgehead atoms. The molecule has 4 nitrogen and oxygen atoms in total. The van der Waals surface area contributed by atoms with E-state index in [1.807, 2.05) is 30.3 Å². The molecule has 162 valence electrons. The Balaban J connectivity index is 1.88. The van der Waals surface area contributed by atoms with Gasteiger partial charge in [-0.05, 0) is 32.8 Å². The van der Waals surface area contributed by atoms with Crippen LogP contribution in [0, 0.1) is 17.6 Å². The van der Waals surface area contributed by atoms with E-state index in [2.05, 4.69) is 0 Å². The smallest absolute Gasteiger partial charge is 0.410 e. The van der Waals surface area contributed by atoms with Crippen LogP contribution in [0.5, 0.6) is 5.75 Å². The summed E-state index contributed by atoms with van der Waals surface area (Å²) in [5.41, 5.74) is 0.176. The molecular weight excluding hydrogens is 435 g/mol. The third kappa shape index (κ3) is 5.16. The zero-order valence-electron chi connectivity index (χ0n) is 16.9. The summed E-state index contributed by atoms with van der Waals surface area (Å²) < 4.78 is 39.5. The Kier molecular flexibility index (Phi) is 6.78. The van der Waals surface area contributed by atoms with Crippen LogP contribution in [-0.4, -0.2) is 29.7 Å². The van der Waals surface area contributed by atoms with Gasteiger partial charge in [0.2, 0.25) is 0 Å². The second kappa shape index (κ2) is 8.98. The van der Waals surface area contributed by atoms with Gasteiger partial charge in [-0.1, -0.05) is 53.5 Å². The molecule has 30 heavy (non-hydrogen) atoms. The Bertz CT molecular complexity index is 893. The summed E-state index contributed by atoms with van der Waals surface area (Å²) in [6.45, 7) is 6.25. The molecular formula is C22H23Cl2F2NO3. The van der Waals surface area contributed by atoms with Gasteiger partial charge in [0.05, 0.1) is 0 Å². The normalized spacial score (nSPS) is 17.7. The minimum absolute atomic E-state index is 0.154. The molecule has 0 aliphatic carbocycles. The summed E-state index contributed by atoms with van der Waals surface area (Å²) in [7, 11) is 0. The quantitative estimate of drug-likeness (QED) is 0.482. The van der Waals surface area contributed by atoms with Crippen molar-refractivity contribution in [3.8, 4) is 5.75 Å².